The van der Waals surface area contributed by atoms with Crippen molar-refractivity contribution in [2.24, 2.45) is 14.1 Å². The molecule has 1 atom stereocenters. The van der Waals surface area contributed by atoms with Crippen LogP contribution in [0.1, 0.15) is 46.8 Å². The predicted molar refractivity (Wildman–Crippen MR) is 164 cm³/mol. The van der Waals surface area contributed by atoms with Crippen LogP contribution < -0.4 is 26.6 Å². The zero-order valence-electron chi connectivity index (χ0n) is 25.2. The number of benzene rings is 2. The summed E-state index contributed by atoms with van der Waals surface area (Å²) in [5, 5.41) is 6.10. The van der Waals surface area contributed by atoms with Gasteiger partial charge in [-0.25, -0.2) is 18.6 Å². The number of carbonyl (C=O) groups excluding carboxylic acids is 1. The van der Waals surface area contributed by atoms with Gasteiger partial charge in [-0.2, -0.15) is 0 Å². The lowest BCUT2D eigenvalue weighted by atomic mass is 9.98. The third-order valence-corrected chi connectivity index (χ3v) is 8.51. The van der Waals surface area contributed by atoms with Gasteiger partial charge in [-0.1, -0.05) is 24.3 Å². The van der Waals surface area contributed by atoms with Crippen molar-refractivity contribution in [3.05, 3.63) is 97.8 Å². The van der Waals surface area contributed by atoms with Crippen LogP contribution in [0.3, 0.4) is 0 Å². The monoisotopic (exact) mass is 617 g/mol. The highest BCUT2D eigenvalue weighted by atomic mass is 19.1. The SMILES string of the molecule is COc1nc(-c2cccc(-c3cccc(NC(=O)c4cn(C)c(=O)n(C)c4=O)c3F)c2F)cc2c1C(NC1CCOCC1)CC2. The number of anilines is 1. The van der Waals surface area contributed by atoms with Gasteiger partial charge in [-0.05, 0) is 49.4 Å². The normalized spacial score (nSPS) is 16.4. The topological polar surface area (TPSA) is 116 Å². The molecule has 4 aromatic rings. The van der Waals surface area contributed by atoms with Gasteiger partial charge >= 0.3 is 5.69 Å². The number of carbonyl (C=O) groups is 1. The summed E-state index contributed by atoms with van der Waals surface area (Å²) in [6.07, 6.45) is 4.60. The second kappa shape index (κ2) is 12.4. The van der Waals surface area contributed by atoms with E-state index < -0.39 is 28.8 Å². The van der Waals surface area contributed by atoms with Crippen LogP contribution in [0.2, 0.25) is 0 Å². The van der Waals surface area contributed by atoms with Crippen molar-refractivity contribution >= 4 is 11.6 Å². The van der Waals surface area contributed by atoms with E-state index in [4.69, 9.17) is 9.47 Å². The van der Waals surface area contributed by atoms with Crippen molar-refractivity contribution in [1.82, 2.24) is 19.4 Å². The van der Waals surface area contributed by atoms with Crippen LogP contribution >= 0.6 is 0 Å². The number of pyridine rings is 1. The number of aryl methyl sites for hydroxylation is 2. The molecule has 0 spiro atoms. The Balaban J connectivity index is 1.32. The highest BCUT2D eigenvalue weighted by molar-refractivity contribution is 6.04. The molecule has 12 heteroatoms. The van der Waals surface area contributed by atoms with Crippen LogP contribution in [-0.2, 0) is 25.3 Å². The maximum absolute atomic E-state index is 16.2. The number of fused-ring (bicyclic) bond motifs is 1. The van der Waals surface area contributed by atoms with E-state index >= 15 is 8.78 Å². The first kappa shape index (κ1) is 30.4. The Kier molecular flexibility index (Phi) is 8.34. The Morgan fingerprint density at radius 2 is 1.69 bits per heavy atom. The number of nitrogens with one attached hydrogen (secondary N) is 2. The molecule has 45 heavy (non-hydrogen) atoms. The summed E-state index contributed by atoms with van der Waals surface area (Å²) in [4.78, 5) is 42.1. The van der Waals surface area contributed by atoms with Gasteiger partial charge in [0, 0.05) is 67.8 Å². The van der Waals surface area contributed by atoms with Crippen LogP contribution in [0.5, 0.6) is 5.88 Å². The molecule has 1 aliphatic heterocycles. The van der Waals surface area contributed by atoms with E-state index in [1.54, 1.807) is 19.2 Å². The lowest BCUT2D eigenvalue weighted by Gasteiger charge is -2.27. The summed E-state index contributed by atoms with van der Waals surface area (Å²) in [7, 11) is 4.18. The first-order valence-electron chi connectivity index (χ1n) is 14.7. The summed E-state index contributed by atoms with van der Waals surface area (Å²) in [5.41, 5.74) is 0.394. The van der Waals surface area contributed by atoms with Gasteiger partial charge in [-0.3, -0.25) is 14.2 Å². The lowest BCUT2D eigenvalue weighted by molar-refractivity contribution is 0.0747. The molecule has 1 fully saturated rings. The highest BCUT2D eigenvalue weighted by Crippen LogP contribution is 2.41. The molecule has 2 N–H and O–H groups in total. The van der Waals surface area contributed by atoms with Crippen LogP contribution in [0, 0.1) is 11.6 Å². The molecule has 6 rings (SSSR count). The summed E-state index contributed by atoms with van der Waals surface area (Å²) in [6.45, 7) is 1.46. The molecule has 0 bridgehead atoms. The minimum absolute atomic E-state index is 0.0283. The Morgan fingerprint density at radius 3 is 2.42 bits per heavy atom. The van der Waals surface area contributed by atoms with Crippen LogP contribution in [-0.4, -0.2) is 46.4 Å². The fourth-order valence-corrected chi connectivity index (χ4v) is 6.14. The second-order valence-corrected chi connectivity index (χ2v) is 11.3. The van der Waals surface area contributed by atoms with Crippen molar-refractivity contribution < 1.29 is 23.0 Å². The smallest absolute Gasteiger partial charge is 0.330 e. The van der Waals surface area contributed by atoms with E-state index in [0.29, 0.717) is 17.6 Å². The molecule has 234 valence electrons. The largest absolute Gasteiger partial charge is 0.481 e. The van der Waals surface area contributed by atoms with Gasteiger partial charge < -0.3 is 24.7 Å². The molecule has 2 aromatic heterocycles. The number of halogens is 2. The van der Waals surface area contributed by atoms with Gasteiger partial charge in [0.05, 0.1) is 18.5 Å². The van der Waals surface area contributed by atoms with Gasteiger partial charge in [-0.15, -0.1) is 0 Å². The van der Waals surface area contributed by atoms with E-state index in [-0.39, 0.29) is 34.0 Å². The van der Waals surface area contributed by atoms with Gasteiger partial charge in [0.25, 0.3) is 11.5 Å². The second-order valence-electron chi connectivity index (χ2n) is 11.3. The van der Waals surface area contributed by atoms with Gasteiger partial charge in [0.15, 0.2) is 5.82 Å². The first-order valence-corrected chi connectivity index (χ1v) is 14.7. The van der Waals surface area contributed by atoms with Crippen LogP contribution in [0.4, 0.5) is 14.5 Å². The summed E-state index contributed by atoms with van der Waals surface area (Å²) in [5.74, 6) is -2.05. The van der Waals surface area contributed by atoms with Crippen LogP contribution in [0.15, 0.2) is 58.3 Å². The van der Waals surface area contributed by atoms with Crippen molar-refractivity contribution in [2.45, 2.75) is 37.8 Å². The number of amides is 1. The fraction of sp³-hybridized carbons (Fsp3) is 0.333. The Morgan fingerprint density at radius 1 is 1.00 bits per heavy atom. The molecule has 0 saturated carbocycles. The molecule has 3 heterocycles. The minimum Gasteiger partial charge on any atom is -0.481 e. The average molecular weight is 618 g/mol. The van der Waals surface area contributed by atoms with E-state index in [1.165, 1.54) is 38.4 Å². The number of hydrogen-bond donors (Lipinski definition) is 2. The summed E-state index contributed by atoms with van der Waals surface area (Å²) in [6, 6.07) is 11.1. The number of rotatable bonds is 7. The Bertz CT molecular complexity index is 1920. The third-order valence-electron chi connectivity index (χ3n) is 8.51. The van der Waals surface area contributed by atoms with E-state index in [9.17, 15) is 14.4 Å². The zero-order chi connectivity index (χ0) is 31.8. The number of hydrogen-bond acceptors (Lipinski definition) is 7. The highest BCUT2D eigenvalue weighted by Gasteiger charge is 2.31. The van der Waals surface area contributed by atoms with Crippen molar-refractivity contribution in [3.8, 4) is 28.3 Å². The average Bonchev–Trinajstić information content (AvgIpc) is 3.45. The zero-order valence-corrected chi connectivity index (χ0v) is 25.2. The van der Waals surface area contributed by atoms with Gasteiger partial charge in [0.2, 0.25) is 5.88 Å². The van der Waals surface area contributed by atoms with E-state index in [0.717, 1.165) is 65.4 Å². The first-order chi connectivity index (χ1) is 21.7. The molecule has 1 unspecified atom stereocenters. The molecule has 0 radical (unpaired) electrons. The maximum atomic E-state index is 16.2. The standard InChI is InChI=1S/C33H33F2N5O5/c1-39-17-23(32(42)40(2)33(39)43)30(41)37-25-9-5-7-21(29(25)35)20-6-4-8-22(28(20)34)26-16-18-10-11-24(27(18)31(38-26)44-3)36-19-12-14-45-15-13-19/h4-9,16-17,19,24,36H,10-15H2,1-3H3,(H,37,41). The fourth-order valence-electron chi connectivity index (χ4n) is 6.14. The number of methoxy groups -OCH3 is 1. The number of ether oxygens (including phenoxy) is 2. The molecular formula is C33H33F2N5O5. The van der Waals surface area contributed by atoms with E-state index in [2.05, 4.69) is 15.6 Å². The predicted octanol–water partition coefficient (Wildman–Crippen LogP) is 4.11. The molecule has 1 amide bonds. The molecule has 1 aliphatic carbocycles. The Labute approximate surface area is 257 Å². The molecule has 2 aromatic carbocycles. The molecular weight excluding hydrogens is 584 g/mol. The number of nitrogens with zero attached hydrogens (tertiary/aromatic N) is 3. The third kappa shape index (κ3) is 5.67. The van der Waals surface area contributed by atoms with Crippen molar-refractivity contribution in [1.29, 1.82) is 0 Å². The summed E-state index contributed by atoms with van der Waals surface area (Å²) < 4.78 is 45.1. The van der Waals surface area contributed by atoms with Gasteiger partial charge in [0.1, 0.15) is 11.4 Å². The van der Waals surface area contributed by atoms with E-state index in [1.807, 2.05) is 6.07 Å². The minimum atomic E-state index is -0.907. The van der Waals surface area contributed by atoms with Crippen molar-refractivity contribution in [2.75, 3.05) is 25.6 Å². The van der Waals surface area contributed by atoms with Crippen LogP contribution in [0.25, 0.3) is 22.4 Å². The summed E-state index contributed by atoms with van der Waals surface area (Å²) >= 11 is 0. The van der Waals surface area contributed by atoms with Crippen molar-refractivity contribution in [3.63, 3.8) is 0 Å². The maximum Gasteiger partial charge on any atom is 0.330 e. The molecule has 1 saturated heterocycles. The lowest BCUT2D eigenvalue weighted by Crippen LogP contribution is -2.40. The number of aromatic nitrogens is 3. The molecule has 2 aliphatic rings. The molecule has 10 nitrogen and oxygen atoms in total. The quantitative estimate of drug-likeness (QED) is 0.321. The Hall–Kier alpha value is -4.68.